The summed E-state index contributed by atoms with van der Waals surface area (Å²) in [6.07, 6.45) is -27.3. The fourth-order valence-electron chi connectivity index (χ4n) is 5.65. The third-order valence-corrected chi connectivity index (χ3v) is 12.2. The molecule has 0 amide bonds. The van der Waals surface area contributed by atoms with Gasteiger partial charge in [0.05, 0.1) is 0 Å². The van der Waals surface area contributed by atoms with Gasteiger partial charge in [0, 0.05) is 0 Å². The first-order chi connectivity index (χ1) is 18.7. The van der Waals surface area contributed by atoms with Gasteiger partial charge in [-0.25, -0.2) is 0 Å². The van der Waals surface area contributed by atoms with Crippen LogP contribution in [0.25, 0.3) is 0 Å². The van der Waals surface area contributed by atoms with Crippen LogP contribution < -0.4 is 10.6 Å². The molecule has 41 heavy (non-hydrogen) atoms. The Morgan fingerprint density at radius 3 is 1.20 bits per heavy atom. The number of halogens is 13. The van der Waals surface area contributed by atoms with Gasteiger partial charge in [0.15, 0.2) is 0 Å². The van der Waals surface area contributed by atoms with Gasteiger partial charge in [-0.15, -0.1) is 0 Å². The molecule has 3 aromatic carbocycles. The summed E-state index contributed by atoms with van der Waals surface area (Å²) < 4.78 is 199. The van der Waals surface area contributed by atoms with Crippen LogP contribution in [0.4, 0.5) is 57.1 Å². The van der Waals surface area contributed by atoms with Crippen molar-refractivity contribution in [3.63, 3.8) is 0 Å². The van der Waals surface area contributed by atoms with Crippen molar-refractivity contribution >= 4 is 17.7 Å². The standard InChI is InChI=1S/C25H14F13O2P/c26-15-11-9-14(10-12-15)13-41(18-7-3-1-5-16(18)20(39-41,22(27,28)29)23(30,31)32)19-8-4-2-6-17(19)21(40-41,24(33,34)35)25(36,37)38/h1-12H,13H2. The molecule has 3 aromatic rings. The first kappa shape index (κ1) is 29.6. The predicted molar refractivity (Wildman–Crippen MR) is 119 cm³/mol. The van der Waals surface area contributed by atoms with Crippen LogP contribution >= 0.6 is 7.06 Å². The molecule has 2 heterocycles. The van der Waals surface area contributed by atoms with Crippen molar-refractivity contribution in [1.29, 1.82) is 0 Å². The van der Waals surface area contributed by atoms with Crippen LogP contribution in [0.2, 0.25) is 0 Å². The molecule has 16 heteroatoms. The molecular weight excluding hydrogens is 610 g/mol. The van der Waals surface area contributed by atoms with Crippen LogP contribution in [0.3, 0.4) is 0 Å². The SMILES string of the molecule is Fc1ccc(CP23(OC(C(F)(F)F)(C(F)(F)F)c4ccccc42)OC(C(F)(F)F)(C(F)(F)F)c2ccccc23)cc1. The number of alkyl halides is 12. The summed E-state index contributed by atoms with van der Waals surface area (Å²) in [6, 6.07) is 7.64. The van der Waals surface area contributed by atoms with Gasteiger partial charge in [-0.05, 0) is 0 Å². The number of benzene rings is 3. The normalized spacial score (nSPS) is 21.6. The van der Waals surface area contributed by atoms with Gasteiger partial charge in [-0.2, -0.15) is 0 Å². The molecule has 0 saturated heterocycles. The molecule has 5 rings (SSSR count). The van der Waals surface area contributed by atoms with E-state index in [0.29, 0.717) is 36.4 Å². The molecule has 2 nitrogen and oxygen atoms in total. The minimum atomic E-state index is -6.87. The van der Waals surface area contributed by atoms with Crippen LogP contribution in [-0.4, -0.2) is 24.7 Å². The first-order valence-electron chi connectivity index (χ1n) is 11.3. The second-order valence-electron chi connectivity index (χ2n) is 9.48. The van der Waals surface area contributed by atoms with E-state index in [1.165, 1.54) is 0 Å². The Balaban J connectivity index is 2.04. The summed E-state index contributed by atoms with van der Waals surface area (Å²) >= 11 is 0. The van der Waals surface area contributed by atoms with Crippen molar-refractivity contribution < 1.29 is 66.1 Å². The van der Waals surface area contributed by atoms with E-state index >= 15 is 0 Å². The minimum absolute atomic E-state index is 0.273. The Morgan fingerprint density at radius 1 is 0.512 bits per heavy atom. The number of hydrogen-bond acceptors (Lipinski definition) is 2. The number of rotatable bonds is 2. The molecule has 0 aromatic heterocycles. The van der Waals surface area contributed by atoms with Crippen LogP contribution in [0.15, 0.2) is 72.8 Å². The predicted octanol–water partition coefficient (Wildman–Crippen LogP) is 8.06. The van der Waals surface area contributed by atoms with Crippen molar-refractivity contribution in [1.82, 2.24) is 0 Å². The first-order valence-corrected chi connectivity index (χ1v) is 13.6. The molecule has 0 radical (unpaired) electrons. The van der Waals surface area contributed by atoms with E-state index in [1.54, 1.807) is 0 Å². The zero-order valence-corrected chi connectivity index (χ0v) is 20.7. The van der Waals surface area contributed by atoms with E-state index in [4.69, 9.17) is 9.05 Å². The monoisotopic (exact) mass is 624 g/mol. The Labute approximate surface area is 221 Å². The fourth-order valence-corrected chi connectivity index (χ4v) is 11.7. The molecule has 222 valence electrons. The molecule has 2 aliphatic rings. The molecule has 0 atom stereocenters. The number of fused-ring (bicyclic) bond motifs is 4. The molecule has 0 N–H and O–H groups in total. The van der Waals surface area contributed by atoms with Gasteiger partial charge in [0.2, 0.25) is 0 Å². The van der Waals surface area contributed by atoms with Crippen LogP contribution in [-0.2, 0) is 26.4 Å². The second-order valence-corrected chi connectivity index (χ2v) is 13.4. The summed E-state index contributed by atoms with van der Waals surface area (Å²) in [5.41, 5.74) is -14.8. The Kier molecular flexibility index (Phi) is 6.02. The zero-order valence-electron chi connectivity index (χ0n) is 19.8. The molecule has 0 bridgehead atoms. The van der Waals surface area contributed by atoms with Crippen molar-refractivity contribution in [3.05, 3.63) is 95.3 Å². The zero-order chi connectivity index (χ0) is 30.5. The van der Waals surface area contributed by atoms with Gasteiger partial charge in [0.25, 0.3) is 0 Å². The van der Waals surface area contributed by atoms with Crippen LogP contribution in [0.1, 0.15) is 16.7 Å². The third-order valence-electron chi connectivity index (χ3n) is 7.18. The van der Waals surface area contributed by atoms with Crippen molar-refractivity contribution in [2.45, 2.75) is 42.1 Å². The Bertz CT molecular complexity index is 1390. The summed E-state index contributed by atoms with van der Waals surface area (Å²) in [5, 5.41) is -2.53. The summed E-state index contributed by atoms with van der Waals surface area (Å²) in [7, 11) is -6.87. The summed E-state index contributed by atoms with van der Waals surface area (Å²) in [4.78, 5) is 0. The van der Waals surface area contributed by atoms with E-state index in [0.717, 1.165) is 24.3 Å². The topological polar surface area (TPSA) is 18.5 Å². The van der Waals surface area contributed by atoms with E-state index < -0.39 is 82.2 Å². The van der Waals surface area contributed by atoms with E-state index in [-0.39, 0.29) is 12.1 Å². The van der Waals surface area contributed by atoms with Crippen molar-refractivity contribution in [2.75, 3.05) is 0 Å². The molecule has 0 unspecified atom stereocenters. The maximum absolute atomic E-state index is 14.7. The average molecular weight is 624 g/mol. The molecule has 1 spiro atoms. The van der Waals surface area contributed by atoms with Gasteiger partial charge in [0.1, 0.15) is 0 Å². The molecule has 0 aliphatic carbocycles. The molecule has 0 fully saturated rings. The summed E-state index contributed by atoms with van der Waals surface area (Å²) in [6.45, 7) is 0. The fraction of sp³-hybridized carbons (Fsp3) is 0.280. The van der Waals surface area contributed by atoms with Crippen molar-refractivity contribution in [2.24, 2.45) is 0 Å². The maximum atomic E-state index is 14.7. The van der Waals surface area contributed by atoms with Crippen LogP contribution in [0.5, 0.6) is 0 Å². The van der Waals surface area contributed by atoms with E-state index in [9.17, 15) is 57.1 Å². The summed E-state index contributed by atoms with van der Waals surface area (Å²) in [5.74, 6) is -0.957. The van der Waals surface area contributed by atoms with Gasteiger partial charge in [-0.1, -0.05) is 0 Å². The van der Waals surface area contributed by atoms with Crippen molar-refractivity contribution in [3.8, 4) is 0 Å². The van der Waals surface area contributed by atoms with Gasteiger partial charge >= 0.3 is 221 Å². The second kappa shape index (κ2) is 8.35. The van der Waals surface area contributed by atoms with E-state index in [1.807, 2.05) is 0 Å². The molecule has 0 saturated carbocycles. The Hall–Kier alpha value is -2.90. The Morgan fingerprint density at radius 2 is 0.854 bits per heavy atom. The average Bonchev–Trinajstić information content (AvgIpc) is 3.28. The molecular formula is C25H14F13O2P. The van der Waals surface area contributed by atoms with Crippen LogP contribution in [0, 0.1) is 5.82 Å². The third kappa shape index (κ3) is 3.57. The molecule has 2 aliphatic heterocycles. The quantitative estimate of drug-likeness (QED) is 0.212. The number of hydrogen-bond donors (Lipinski definition) is 0. The van der Waals surface area contributed by atoms with E-state index in [2.05, 4.69) is 0 Å². The van der Waals surface area contributed by atoms with Gasteiger partial charge in [-0.3, -0.25) is 0 Å². The van der Waals surface area contributed by atoms with Gasteiger partial charge < -0.3 is 0 Å².